The Morgan fingerprint density at radius 2 is 1.85 bits per heavy atom. The van der Waals surface area contributed by atoms with E-state index in [4.69, 9.17) is 37.4 Å². The van der Waals surface area contributed by atoms with Crippen LogP contribution in [0.2, 0.25) is 0 Å². The topological polar surface area (TPSA) is 102 Å². The maximum Gasteiger partial charge on any atom is 0.410 e. The molecule has 5 aliphatic rings. The second kappa shape index (κ2) is 10.0. The molecular weight excluding hydrogens is 564 g/mol. The molecule has 1 amide bonds. The highest BCUT2D eigenvalue weighted by atomic mass is 35.5. The van der Waals surface area contributed by atoms with Crippen molar-refractivity contribution in [1.29, 1.82) is 0 Å². The van der Waals surface area contributed by atoms with Crippen LogP contribution in [0.1, 0.15) is 53.4 Å². The van der Waals surface area contributed by atoms with E-state index < -0.39 is 64.5 Å². The third-order valence-electron chi connectivity index (χ3n) is 10.3. The lowest BCUT2D eigenvalue weighted by atomic mass is 9.44. The van der Waals surface area contributed by atoms with Crippen molar-refractivity contribution in [1.82, 2.24) is 4.90 Å². The largest absolute Gasteiger partial charge is 0.441 e. The van der Waals surface area contributed by atoms with Gasteiger partial charge in [0.15, 0.2) is 29.4 Å². The third-order valence-corrected chi connectivity index (χ3v) is 10.7. The van der Waals surface area contributed by atoms with Crippen molar-refractivity contribution in [3.05, 3.63) is 23.8 Å². The number of hydrogen-bond donors (Lipinski definition) is 1. The zero-order valence-corrected chi connectivity index (χ0v) is 24.9. The van der Waals surface area contributed by atoms with Gasteiger partial charge in [0, 0.05) is 41.6 Å². The summed E-state index contributed by atoms with van der Waals surface area (Å²) < 4.78 is 35.7. The molecule has 8 atom stereocenters. The van der Waals surface area contributed by atoms with Gasteiger partial charge in [0.2, 0.25) is 5.78 Å². The third kappa shape index (κ3) is 4.05. The van der Waals surface area contributed by atoms with E-state index in [9.17, 15) is 19.5 Å². The summed E-state index contributed by atoms with van der Waals surface area (Å²) in [7, 11) is 0. The van der Waals surface area contributed by atoms with E-state index in [0.29, 0.717) is 24.8 Å². The van der Waals surface area contributed by atoms with Gasteiger partial charge in [-0.2, -0.15) is 0 Å². The van der Waals surface area contributed by atoms with E-state index in [1.54, 1.807) is 26.8 Å². The Morgan fingerprint density at radius 3 is 2.50 bits per heavy atom. The first-order chi connectivity index (χ1) is 18.7. The molecule has 4 fully saturated rings. The smallest absolute Gasteiger partial charge is 0.410 e. The summed E-state index contributed by atoms with van der Waals surface area (Å²) in [5.74, 6) is -2.40. The van der Waals surface area contributed by atoms with Crippen molar-refractivity contribution in [2.24, 2.45) is 22.7 Å². The van der Waals surface area contributed by atoms with Crippen molar-refractivity contribution in [2.75, 3.05) is 31.5 Å². The predicted molar refractivity (Wildman–Crippen MR) is 146 cm³/mol. The van der Waals surface area contributed by atoms with E-state index in [1.165, 1.54) is 17.1 Å². The molecular formula is C29H38Cl2FNO7. The SMILES string of the molecule is CC1(C)O[C@@H]2C[C@H]3[C@@H]4CCC5=CC(=O)C=C[C@]5(C)[C@@]4(F)[C@@H](O)C[C@]3(C)[C@]2(C(=O)COC(=O)N(CCCl)CCCl)O1. The normalized spacial score (nSPS) is 42.8. The average molecular weight is 603 g/mol. The van der Waals surface area contributed by atoms with Gasteiger partial charge in [-0.3, -0.25) is 9.59 Å². The fourth-order valence-electron chi connectivity index (χ4n) is 8.63. The van der Waals surface area contributed by atoms with Gasteiger partial charge in [0.05, 0.1) is 12.2 Å². The molecule has 0 spiro atoms. The minimum atomic E-state index is -2.05. The van der Waals surface area contributed by atoms with Crippen LogP contribution in [0.25, 0.3) is 0 Å². The minimum absolute atomic E-state index is 0.0600. The number of aliphatic hydroxyl groups is 1. The number of Topliss-reactive ketones (excluding diaryl/α,β-unsaturated/α-hetero) is 1. The number of alkyl halides is 3. The summed E-state index contributed by atoms with van der Waals surface area (Å²) in [4.78, 5) is 40.3. The van der Waals surface area contributed by atoms with Gasteiger partial charge < -0.3 is 24.2 Å². The molecule has 0 bridgehead atoms. The zero-order valence-electron chi connectivity index (χ0n) is 23.4. The van der Waals surface area contributed by atoms with E-state index in [1.807, 2.05) is 6.92 Å². The summed E-state index contributed by atoms with van der Waals surface area (Å²) in [6.07, 6.45) is 2.82. The number of halogens is 3. The predicted octanol–water partition coefficient (Wildman–Crippen LogP) is 4.34. The van der Waals surface area contributed by atoms with Gasteiger partial charge >= 0.3 is 6.09 Å². The highest BCUT2D eigenvalue weighted by Gasteiger charge is 2.80. The fraction of sp³-hybridized carbons (Fsp3) is 0.759. The summed E-state index contributed by atoms with van der Waals surface area (Å²) in [6.45, 7) is 6.90. The molecule has 1 heterocycles. The molecule has 0 radical (unpaired) electrons. The number of carbonyl (C=O) groups is 3. The first-order valence-electron chi connectivity index (χ1n) is 14.0. The quantitative estimate of drug-likeness (QED) is 0.433. The van der Waals surface area contributed by atoms with Crippen LogP contribution in [0, 0.1) is 22.7 Å². The number of ether oxygens (including phenoxy) is 3. The number of allylic oxidation sites excluding steroid dienone is 4. The maximum absolute atomic E-state index is 17.5. The van der Waals surface area contributed by atoms with Crippen LogP contribution < -0.4 is 0 Å². The van der Waals surface area contributed by atoms with Gasteiger partial charge in [-0.15, -0.1) is 23.2 Å². The summed E-state index contributed by atoms with van der Waals surface area (Å²) in [6, 6.07) is 0. The standard InChI is InChI=1S/C29H38Cl2FNO7/c1-25(2)39-23-14-20-19-6-5-17-13-18(34)7-8-26(17,3)28(19,32)21(35)15-27(20,4)29(23,40-25)22(36)16-38-24(37)33(11-9-30)12-10-31/h7-8,13,19-21,23,35H,5-6,9-12,14-16H2,1-4H3/t19-,20-,21-,23+,26-,27-,28-,29+/m0/s1. The zero-order chi connectivity index (χ0) is 29.3. The van der Waals surface area contributed by atoms with Crippen LogP contribution in [-0.2, 0) is 23.8 Å². The van der Waals surface area contributed by atoms with E-state index in [2.05, 4.69) is 0 Å². The molecule has 8 nitrogen and oxygen atoms in total. The van der Waals surface area contributed by atoms with Crippen molar-refractivity contribution in [3.8, 4) is 0 Å². The number of carbonyl (C=O) groups excluding carboxylic acids is 3. The Kier molecular flexibility index (Phi) is 7.52. The van der Waals surface area contributed by atoms with Crippen LogP contribution in [0.5, 0.6) is 0 Å². The molecule has 5 rings (SSSR count). The molecule has 0 aromatic heterocycles. The van der Waals surface area contributed by atoms with Gasteiger partial charge in [-0.1, -0.05) is 18.6 Å². The molecule has 0 aromatic rings. The molecule has 3 saturated carbocycles. The van der Waals surface area contributed by atoms with Gasteiger partial charge in [0.25, 0.3) is 0 Å². The summed E-state index contributed by atoms with van der Waals surface area (Å²) >= 11 is 11.6. The molecule has 4 aliphatic carbocycles. The molecule has 11 heteroatoms. The van der Waals surface area contributed by atoms with Crippen molar-refractivity contribution in [2.45, 2.75) is 82.6 Å². The molecule has 1 aliphatic heterocycles. The molecule has 40 heavy (non-hydrogen) atoms. The highest BCUT2D eigenvalue weighted by molar-refractivity contribution is 6.18. The fourth-order valence-corrected chi connectivity index (χ4v) is 9.04. The molecule has 1 N–H and O–H groups in total. The Labute approximate surface area is 244 Å². The summed E-state index contributed by atoms with van der Waals surface area (Å²) in [5, 5.41) is 11.7. The van der Waals surface area contributed by atoms with Crippen LogP contribution in [0.4, 0.5) is 9.18 Å². The number of rotatable bonds is 7. The lowest BCUT2D eigenvalue weighted by molar-refractivity contribution is -0.246. The Hall–Kier alpha value is -1.52. The number of aliphatic hydroxyl groups excluding tert-OH is 1. The van der Waals surface area contributed by atoms with Gasteiger partial charge in [0.1, 0.15) is 0 Å². The number of hydrogen-bond acceptors (Lipinski definition) is 7. The molecule has 0 aromatic carbocycles. The number of nitrogens with zero attached hydrogens (tertiary/aromatic N) is 1. The van der Waals surface area contributed by atoms with E-state index in [-0.39, 0.29) is 43.0 Å². The van der Waals surface area contributed by atoms with Crippen LogP contribution in [0.15, 0.2) is 23.8 Å². The van der Waals surface area contributed by atoms with E-state index >= 15 is 4.39 Å². The van der Waals surface area contributed by atoms with Crippen LogP contribution >= 0.6 is 23.2 Å². The Morgan fingerprint density at radius 1 is 1.18 bits per heavy atom. The van der Waals surface area contributed by atoms with Crippen molar-refractivity contribution < 1.29 is 38.1 Å². The lowest BCUT2D eigenvalue weighted by Crippen LogP contribution is -2.70. The number of amides is 1. The Bertz CT molecular complexity index is 1160. The number of fused-ring (bicyclic) bond motifs is 7. The van der Waals surface area contributed by atoms with Gasteiger partial charge in [-0.25, -0.2) is 9.18 Å². The molecule has 0 unspecified atom stereocenters. The lowest BCUT2D eigenvalue weighted by Gasteiger charge is -2.62. The van der Waals surface area contributed by atoms with Crippen LogP contribution in [0.3, 0.4) is 0 Å². The average Bonchev–Trinajstić information content (AvgIpc) is 3.29. The van der Waals surface area contributed by atoms with Crippen molar-refractivity contribution in [3.63, 3.8) is 0 Å². The van der Waals surface area contributed by atoms with Crippen molar-refractivity contribution >= 4 is 40.9 Å². The van der Waals surface area contributed by atoms with E-state index in [0.717, 1.165) is 0 Å². The maximum atomic E-state index is 17.5. The minimum Gasteiger partial charge on any atom is -0.441 e. The first-order valence-corrected chi connectivity index (χ1v) is 15.0. The van der Waals surface area contributed by atoms with Gasteiger partial charge in [-0.05, 0) is 64.5 Å². The first kappa shape index (κ1) is 30.0. The Balaban J connectivity index is 1.48. The molecule has 222 valence electrons. The monoisotopic (exact) mass is 601 g/mol. The highest BCUT2D eigenvalue weighted by Crippen LogP contribution is 2.72. The summed E-state index contributed by atoms with van der Waals surface area (Å²) in [5.41, 5.74) is -5.07. The molecule has 1 saturated heterocycles. The number of ketones is 2. The van der Waals surface area contributed by atoms with Crippen LogP contribution in [-0.4, -0.2) is 88.4 Å². The second-order valence-corrected chi connectivity index (χ2v) is 13.4. The second-order valence-electron chi connectivity index (χ2n) is 12.7.